The maximum absolute atomic E-state index is 10.2. The van der Waals surface area contributed by atoms with Crippen LogP contribution in [0.25, 0.3) is 0 Å². The highest BCUT2D eigenvalue weighted by molar-refractivity contribution is 5.86. The number of carbonyl (C=O) groups is 3. The lowest BCUT2D eigenvalue weighted by Crippen LogP contribution is -1.98. The zero-order valence-corrected chi connectivity index (χ0v) is 12.0. The number of hydrogen-bond acceptors (Lipinski definition) is 5. The van der Waals surface area contributed by atoms with Gasteiger partial charge < -0.3 is 14.6 Å². The van der Waals surface area contributed by atoms with E-state index >= 15 is 0 Å². The SMILES string of the molecule is C=C(C)C(=O)OC.C=CC(=O)O.C=CC(=O)OC.Cl. The quantitative estimate of drug-likeness (QED) is 0.630. The Morgan fingerprint density at radius 1 is 1.05 bits per heavy atom. The fraction of sp³-hybridized carbons (Fsp3) is 0.250. The summed E-state index contributed by atoms with van der Waals surface area (Å²) in [6.07, 6.45) is 1.94. The van der Waals surface area contributed by atoms with Crippen LogP contribution < -0.4 is 0 Å². The largest absolute Gasteiger partial charge is 0.478 e. The second-order valence-corrected chi connectivity index (χ2v) is 2.54. The highest BCUT2D eigenvalue weighted by Gasteiger charge is 1.95. The van der Waals surface area contributed by atoms with Crippen LogP contribution in [0, 0.1) is 0 Å². The second kappa shape index (κ2) is 18.3. The average molecular weight is 295 g/mol. The van der Waals surface area contributed by atoms with Crippen LogP contribution in [-0.2, 0) is 23.9 Å². The maximum Gasteiger partial charge on any atom is 0.332 e. The predicted molar refractivity (Wildman–Crippen MR) is 74.1 cm³/mol. The van der Waals surface area contributed by atoms with Crippen LogP contribution in [0.5, 0.6) is 0 Å². The molecular weight excluding hydrogens is 276 g/mol. The van der Waals surface area contributed by atoms with Gasteiger partial charge in [-0.2, -0.15) is 0 Å². The van der Waals surface area contributed by atoms with Gasteiger partial charge in [-0.25, -0.2) is 14.4 Å². The van der Waals surface area contributed by atoms with Gasteiger partial charge in [0.15, 0.2) is 0 Å². The van der Waals surface area contributed by atoms with Crippen molar-refractivity contribution in [3.63, 3.8) is 0 Å². The first kappa shape index (κ1) is 25.7. The molecule has 0 aliphatic carbocycles. The van der Waals surface area contributed by atoms with Crippen molar-refractivity contribution in [3.8, 4) is 0 Å². The molecule has 0 amide bonds. The number of methoxy groups -OCH3 is 2. The van der Waals surface area contributed by atoms with Gasteiger partial charge in [-0.3, -0.25) is 0 Å². The van der Waals surface area contributed by atoms with Crippen LogP contribution in [0.15, 0.2) is 37.5 Å². The van der Waals surface area contributed by atoms with Crippen molar-refractivity contribution in [1.29, 1.82) is 0 Å². The summed E-state index contributed by atoms with van der Waals surface area (Å²) in [4.78, 5) is 29.3. The van der Waals surface area contributed by atoms with E-state index < -0.39 is 11.9 Å². The summed E-state index contributed by atoms with van der Waals surface area (Å²) < 4.78 is 8.42. The Morgan fingerprint density at radius 2 is 1.42 bits per heavy atom. The zero-order valence-electron chi connectivity index (χ0n) is 11.2. The molecule has 0 aromatic heterocycles. The number of hydrogen-bond donors (Lipinski definition) is 1. The first-order valence-corrected chi connectivity index (χ1v) is 4.56. The molecule has 0 atom stereocenters. The molecule has 0 spiro atoms. The Hall–Kier alpha value is -2.08. The molecule has 0 aromatic carbocycles. The van der Waals surface area contributed by atoms with Gasteiger partial charge >= 0.3 is 17.9 Å². The third-order valence-electron chi connectivity index (χ3n) is 1.08. The van der Waals surface area contributed by atoms with E-state index in [2.05, 4.69) is 29.2 Å². The van der Waals surface area contributed by atoms with Crippen molar-refractivity contribution in [2.24, 2.45) is 0 Å². The molecule has 0 fully saturated rings. The highest BCUT2D eigenvalue weighted by atomic mass is 35.5. The van der Waals surface area contributed by atoms with Crippen molar-refractivity contribution >= 4 is 30.3 Å². The summed E-state index contributed by atoms with van der Waals surface area (Å²) in [6, 6.07) is 0. The summed E-state index contributed by atoms with van der Waals surface area (Å²) in [5.74, 6) is -1.72. The number of carbonyl (C=O) groups excluding carboxylic acids is 2. The summed E-state index contributed by atoms with van der Waals surface area (Å²) in [6.45, 7) is 11.1. The molecule has 0 saturated heterocycles. The monoisotopic (exact) mass is 294 g/mol. The molecule has 0 bridgehead atoms. The second-order valence-electron chi connectivity index (χ2n) is 2.54. The van der Waals surface area contributed by atoms with Crippen LogP contribution in [0.1, 0.15) is 6.92 Å². The Labute approximate surface area is 118 Å². The number of esters is 2. The Kier molecular flexibility index (Phi) is 24.7. The number of rotatable bonds is 3. The molecule has 0 aliphatic heterocycles. The van der Waals surface area contributed by atoms with Crippen LogP contribution in [0.2, 0.25) is 0 Å². The minimum Gasteiger partial charge on any atom is -0.478 e. The van der Waals surface area contributed by atoms with Gasteiger partial charge in [-0.15, -0.1) is 12.4 Å². The first-order chi connectivity index (χ1) is 8.26. The summed E-state index contributed by atoms with van der Waals surface area (Å²) in [5.41, 5.74) is 0.433. The summed E-state index contributed by atoms with van der Waals surface area (Å²) >= 11 is 0. The van der Waals surface area contributed by atoms with E-state index in [0.717, 1.165) is 12.2 Å². The number of carboxylic acids is 1. The third-order valence-corrected chi connectivity index (χ3v) is 1.08. The molecule has 19 heavy (non-hydrogen) atoms. The molecule has 110 valence electrons. The van der Waals surface area contributed by atoms with E-state index in [0.29, 0.717) is 5.57 Å². The fourth-order valence-electron chi connectivity index (χ4n) is 0.258. The lowest BCUT2D eigenvalue weighted by Gasteiger charge is -1.91. The van der Waals surface area contributed by atoms with Crippen molar-refractivity contribution in [2.45, 2.75) is 6.92 Å². The summed E-state index contributed by atoms with van der Waals surface area (Å²) in [7, 11) is 2.64. The Morgan fingerprint density at radius 3 is 1.42 bits per heavy atom. The standard InChI is InChI=1S/C5H8O2.C4H6O2.C3H4O2.ClH/c1-4(2)5(6)7-3;1-3-4(5)6-2;1-2-3(4)5;/h1H2,2-3H3;3H,1H2,2H3;2H,1H2,(H,4,5);1H. The maximum atomic E-state index is 10.2. The molecule has 0 unspecified atom stereocenters. The predicted octanol–water partition coefficient (Wildman–Crippen LogP) is 1.76. The van der Waals surface area contributed by atoms with Gasteiger partial charge in [-0.05, 0) is 6.92 Å². The Bertz CT molecular complexity index is 322. The number of carboxylic acid groups (broad SMARTS) is 1. The summed E-state index contributed by atoms with van der Waals surface area (Å²) in [5, 5.41) is 7.60. The third kappa shape index (κ3) is 31.3. The van der Waals surface area contributed by atoms with Crippen LogP contribution in [0.4, 0.5) is 0 Å². The highest BCUT2D eigenvalue weighted by Crippen LogP contribution is 1.87. The molecule has 0 aromatic rings. The van der Waals surface area contributed by atoms with E-state index in [4.69, 9.17) is 5.11 Å². The minimum absolute atomic E-state index is 0. The lowest BCUT2D eigenvalue weighted by molar-refractivity contribution is -0.136. The molecule has 0 saturated carbocycles. The van der Waals surface area contributed by atoms with Crippen molar-refractivity contribution < 1.29 is 29.0 Å². The van der Waals surface area contributed by atoms with E-state index in [1.807, 2.05) is 0 Å². The van der Waals surface area contributed by atoms with Crippen LogP contribution in [-0.4, -0.2) is 37.2 Å². The average Bonchev–Trinajstić information content (AvgIpc) is 2.37. The first-order valence-electron chi connectivity index (χ1n) is 4.56. The van der Waals surface area contributed by atoms with Gasteiger partial charge in [0.2, 0.25) is 0 Å². The molecule has 0 rings (SSSR count). The van der Waals surface area contributed by atoms with Crippen molar-refractivity contribution in [2.75, 3.05) is 14.2 Å². The van der Waals surface area contributed by atoms with Gasteiger partial charge in [-0.1, -0.05) is 19.7 Å². The van der Waals surface area contributed by atoms with Crippen LogP contribution in [0.3, 0.4) is 0 Å². The normalized spacial score (nSPS) is 6.68. The topological polar surface area (TPSA) is 89.9 Å². The van der Waals surface area contributed by atoms with Crippen molar-refractivity contribution in [1.82, 2.24) is 0 Å². The van der Waals surface area contributed by atoms with Gasteiger partial charge in [0.05, 0.1) is 14.2 Å². The molecule has 0 radical (unpaired) electrons. The molecule has 6 nitrogen and oxygen atoms in total. The van der Waals surface area contributed by atoms with E-state index in [9.17, 15) is 14.4 Å². The molecule has 1 N–H and O–H groups in total. The fourth-order valence-corrected chi connectivity index (χ4v) is 0.258. The van der Waals surface area contributed by atoms with E-state index in [-0.39, 0.29) is 18.4 Å². The molecule has 0 heterocycles. The Balaban J connectivity index is -0.0000000878. The number of ether oxygens (including phenoxy) is 2. The molecule has 0 aliphatic rings. The molecular formula is C12H19ClO6. The van der Waals surface area contributed by atoms with E-state index in [1.165, 1.54) is 14.2 Å². The number of aliphatic carboxylic acids is 1. The van der Waals surface area contributed by atoms with Crippen LogP contribution >= 0.6 is 12.4 Å². The molecule has 7 heteroatoms. The lowest BCUT2D eigenvalue weighted by atomic mass is 10.4. The van der Waals surface area contributed by atoms with Gasteiger partial charge in [0, 0.05) is 17.7 Å². The van der Waals surface area contributed by atoms with Gasteiger partial charge in [0.25, 0.3) is 0 Å². The zero-order chi connectivity index (χ0) is 15.1. The minimum atomic E-state index is -0.981. The number of halogens is 1. The van der Waals surface area contributed by atoms with Crippen molar-refractivity contribution in [3.05, 3.63) is 37.5 Å². The van der Waals surface area contributed by atoms with Gasteiger partial charge in [0.1, 0.15) is 0 Å². The smallest absolute Gasteiger partial charge is 0.332 e. The van der Waals surface area contributed by atoms with E-state index in [1.54, 1.807) is 6.92 Å².